The largest absolute Gasteiger partial charge is 0.497 e. The van der Waals surface area contributed by atoms with Crippen LogP contribution in [0.15, 0.2) is 48.7 Å². The van der Waals surface area contributed by atoms with Gasteiger partial charge in [0.2, 0.25) is 0 Å². The van der Waals surface area contributed by atoms with E-state index in [9.17, 15) is 9.90 Å². The van der Waals surface area contributed by atoms with Gasteiger partial charge in [-0.25, -0.2) is 0 Å². The number of hydrogen-bond acceptors (Lipinski definition) is 4. The smallest absolute Gasteiger partial charge is 0.320 e. The van der Waals surface area contributed by atoms with Crippen LogP contribution in [0, 0.1) is 0 Å². The van der Waals surface area contributed by atoms with Gasteiger partial charge in [0, 0.05) is 6.20 Å². The highest BCUT2D eigenvalue weighted by atomic mass is 16.5. The topological polar surface area (TPSA) is 62.7 Å². The maximum absolute atomic E-state index is 11.8. The third kappa shape index (κ3) is 3.41. The van der Waals surface area contributed by atoms with E-state index < -0.39 is 12.0 Å². The number of benzene rings is 1. The van der Waals surface area contributed by atoms with Crippen LogP contribution in [0.4, 0.5) is 0 Å². The predicted molar refractivity (Wildman–Crippen MR) is 91.1 cm³/mol. The molecule has 24 heavy (non-hydrogen) atoms. The second-order valence-corrected chi connectivity index (χ2v) is 6.02. The predicted octanol–water partition coefficient (Wildman–Crippen LogP) is 3.12. The minimum absolute atomic E-state index is 0.192. The summed E-state index contributed by atoms with van der Waals surface area (Å²) in [4.78, 5) is 18.3. The number of carbonyl (C=O) groups is 1. The summed E-state index contributed by atoms with van der Waals surface area (Å²) in [5.74, 6) is -0.00385. The number of carboxylic acid groups (broad SMARTS) is 1. The molecule has 2 unspecified atom stereocenters. The molecule has 0 bridgehead atoms. The van der Waals surface area contributed by atoms with E-state index in [1.165, 1.54) is 0 Å². The zero-order chi connectivity index (χ0) is 16.9. The summed E-state index contributed by atoms with van der Waals surface area (Å²) in [5, 5.41) is 9.67. The fourth-order valence-corrected chi connectivity index (χ4v) is 3.41. The van der Waals surface area contributed by atoms with Gasteiger partial charge in [0.1, 0.15) is 11.8 Å². The van der Waals surface area contributed by atoms with E-state index in [4.69, 9.17) is 4.74 Å². The highest BCUT2D eigenvalue weighted by molar-refractivity contribution is 5.73. The Balaban J connectivity index is 2.06. The van der Waals surface area contributed by atoms with Gasteiger partial charge in [-0.3, -0.25) is 14.7 Å². The Morgan fingerprint density at radius 1 is 1.29 bits per heavy atom. The van der Waals surface area contributed by atoms with Gasteiger partial charge in [0.05, 0.1) is 18.8 Å². The van der Waals surface area contributed by atoms with Crippen LogP contribution in [0.25, 0.3) is 0 Å². The molecule has 5 heteroatoms. The van der Waals surface area contributed by atoms with E-state index in [1.807, 2.05) is 42.5 Å². The monoisotopic (exact) mass is 326 g/mol. The molecule has 0 amide bonds. The Kier molecular flexibility index (Phi) is 5.11. The standard InChI is InChI=1S/C19H22N2O3/c1-24-15-8-6-7-14(13-15)18(16-9-2-4-11-20-16)21-12-5-3-10-17(21)19(22)23/h2,4,6-9,11,13,17-18H,3,5,10,12H2,1H3,(H,22,23). The molecule has 1 saturated heterocycles. The van der Waals surface area contributed by atoms with Crippen molar-refractivity contribution in [2.75, 3.05) is 13.7 Å². The Bertz CT molecular complexity index is 690. The second-order valence-electron chi connectivity index (χ2n) is 6.02. The number of ether oxygens (including phenoxy) is 1. The van der Waals surface area contributed by atoms with Crippen molar-refractivity contribution in [2.24, 2.45) is 0 Å². The van der Waals surface area contributed by atoms with Gasteiger partial charge in [-0.05, 0) is 49.2 Å². The fraction of sp³-hybridized carbons (Fsp3) is 0.368. The Hall–Kier alpha value is -2.40. The van der Waals surface area contributed by atoms with Crippen molar-refractivity contribution in [2.45, 2.75) is 31.3 Å². The van der Waals surface area contributed by atoms with Gasteiger partial charge in [-0.2, -0.15) is 0 Å². The van der Waals surface area contributed by atoms with E-state index in [0.717, 1.165) is 36.4 Å². The van der Waals surface area contributed by atoms with Crippen LogP contribution in [0.5, 0.6) is 5.75 Å². The van der Waals surface area contributed by atoms with Crippen molar-refractivity contribution in [1.29, 1.82) is 0 Å². The summed E-state index contributed by atoms with van der Waals surface area (Å²) in [5.41, 5.74) is 1.86. The number of aliphatic carboxylic acids is 1. The lowest BCUT2D eigenvalue weighted by Gasteiger charge is -2.39. The molecule has 0 spiro atoms. The molecule has 0 saturated carbocycles. The maximum atomic E-state index is 11.8. The third-order valence-electron chi connectivity index (χ3n) is 4.54. The van der Waals surface area contributed by atoms with Crippen LogP contribution >= 0.6 is 0 Å². The summed E-state index contributed by atoms with van der Waals surface area (Å²) >= 11 is 0. The molecule has 2 heterocycles. The molecule has 1 fully saturated rings. The van der Waals surface area contributed by atoms with E-state index in [1.54, 1.807) is 13.3 Å². The van der Waals surface area contributed by atoms with Crippen LogP contribution in [0.3, 0.4) is 0 Å². The zero-order valence-corrected chi connectivity index (χ0v) is 13.8. The molecule has 2 atom stereocenters. The molecule has 1 aliphatic rings. The maximum Gasteiger partial charge on any atom is 0.320 e. The third-order valence-corrected chi connectivity index (χ3v) is 4.54. The first kappa shape index (κ1) is 16.5. The van der Waals surface area contributed by atoms with E-state index >= 15 is 0 Å². The summed E-state index contributed by atoms with van der Waals surface area (Å²) in [6.07, 6.45) is 4.36. The van der Waals surface area contributed by atoms with Crippen molar-refractivity contribution >= 4 is 5.97 Å². The van der Waals surface area contributed by atoms with E-state index in [2.05, 4.69) is 9.88 Å². The molecular weight excluding hydrogens is 304 g/mol. The Morgan fingerprint density at radius 2 is 2.17 bits per heavy atom. The average molecular weight is 326 g/mol. The quantitative estimate of drug-likeness (QED) is 0.914. The number of hydrogen-bond donors (Lipinski definition) is 1. The van der Waals surface area contributed by atoms with Crippen molar-refractivity contribution in [3.05, 3.63) is 59.9 Å². The van der Waals surface area contributed by atoms with Gasteiger partial charge in [-0.15, -0.1) is 0 Å². The number of pyridine rings is 1. The zero-order valence-electron chi connectivity index (χ0n) is 13.8. The SMILES string of the molecule is COc1cccc(C(c2ccccn2)N2CCCCC2C(=O)O)c1. The Labute approximate surface area is 141 Å². The summed E-state index contributed by atoms with van der Waals surface area (Å²) in [7, 11) is 1.63. The molecule has 2 aromatic rings. The first-order valence-corrected chi connectivity index (χ1v) is 8.24. The fourth-order valence-electron chi connectivity index (χ4n) is 3.41. The minimum atomic E-state index is -0.765. The van der Waals surface area contributed by atoms with Gasteiger partial charge >= 0.3 is 5.97 Å². The number of likely N-dealkylation sites (tertiary alicyclic amines) is 1. The molecule has 126 valence electrons. The lowest BCUT2D eigenvalue weighted by molar-refractivity contribution is -0.145. The number of carboxylic acids is 1. The van der Waals surface area contributed by atoms with Crippen LogP contribution in [-0.2, 0) is 4.79 Å². The first-order chi connectivity index (χ1) is 11.7. The summed E-state index contributed by atoms with van der Waals surface area (Å²) in [6, 6.07) is 12.9. The molecule has 0 radical (unpaired) electrons. The second kappa shape index (κ2) is 7.45. The van der Waals surface area contributed by atoms with Crippen molar-refractivity contribution < 1.29 is 14.6 Å². The number of nitrogens with zero attached hydrogens (tertiary/aromatic N) is 2. The highest BCUT2D eigenvalue weighted by Gasteiger charge is 2.35. The number of aromatic nitrogens is 1. The molecule has 0 aliphatic carbocycles. The normalized spacial score (nSPS) is 19.6. The molecular formula is C19H22N2O3. The summed E-state index contributed by atoms with van der Waals surface area (Å²) in [6.45, 7) is 0.745. The van der Waals surface area contributed by atoms with E-state index in [0.29, 0.717) is 6.42 Å². The minimum Gasteiger partial charge on any atom is -0.497 e. The first-order valence-electron chi connectivity index (χ1n) is 8.24. The summed E-state index contributed by atoms with van der Waals surface area (Å²) < 4.78 is 5.35. The molecule has 1 N–H and O–H groups in total. The van der Waals surface area contributed by atoms with Crippen molar-refractivity contribution in [1.82, 2.24) is 9.88 Å². The Morgan fingerprint density at radius 3 is 2.88 bits per heavy atom. The van der Waals surface area contributed by atoms with Gasteiger partial charge in [0.25, 0.3) is 0 Å². The molecule has 5 nitrogen and oxygen atoms in total. The van der Waals surface area contributed by atoms with Crippen molar-refractivity contribution in [3.8, 4) is 5.75 Å². The van der Waals surface area contributed by atoms with Crippen molar-refractivity contribution in [3.63, 3.8) is 0 Å². The molecule has 3 rings (SSSR count). The van der Waals surface area contributed by atoms with Gasteiger partial charge in [0.15, 0.2) is 0 Å². The molecule has 1 aromatic carbocycles. The van der Waals surface area contributed by atoms with Crippen LogP contribution in [0.2, 0.25) is 0 Å². The number of rotatable bonds is 5. The highest BCUT2D eigenvalue weighted by Crippen LogP contribution is 2.34. The lowest BCUT2D eigenvalue weighted by Crippen LogP contribution is -2.47. The average Bonchev–Trinajstić information content (AvgIpc) is 2.63. The van der Waals surface area contributed by atoms with E-state index in [-0.39, 0.29) is 6.04 Å². The molecule has 1 aromatic heterocycles. The lowest BCUT2D eigenvalue weighted by atomic mass is 9.94. The van der Waals surface area contributed by atoms with Crippen LogP contribution in [0.1, 0.15) is 36.6 Å². The molecule has 1 aliphatic heterocycles. The number of methoxy groups -OCH3 is 1. The van der Waals surface area contributed by atoms with Crippen LogP contribution in [-0.4, -0.2) is 40.7 Å². The van der Waals surface area contributed by atoms with Crippen LogP contribution < -0.4 is 4.74 Å². The number of piperidine rings is 1. The van der Waals surface area contributed by atoms with Gasteiger partial charge < -0.3 is 9.84 Å². The van der Waals surface area contributed by atoms with Gasteiger partial charge in [-0.1, -0.05) is 24.6 Å².